The molecule has 1 fully saturated rings. The van der Waals surface area contributed by atoms with E-state index >= 15 is 0 Å². The lowest BCUT2D eigenvalue weighted by atomic mass is 10.0. The van der Waals surface area contributed by atoms with E-state index in [4.69, 9.17) is 0 Å². The van der Waals surface area contributed by atoms with Crippen molar-refractivity contribution in [3.05, 3.63) is 70.3 Å². The monoisotopic (exact) mass is 348 g/mol. The molecule has 2 aromatic carbocycles. The van der Waals surface area contributed by atoms with Crippen molar-refractivity contribution in [2.75, 3.05) is 4.90 Å². The molecule has 132 valence electrons. The Bertz CT molecular complexity index is 927. The number of hydrogen-bond acceptors (Lipinski definition) is 3. The molecular weight excluding hydrogens is 328 g/mol. The minimum absolute atomic E-state index is 0.0629. The van der Waals surface area contributed by atoms with Crippen LogP contribution in [-0.4, -0.2) is 17.8 Å². The SMILES string of the molecule is CCc1ccc(/C=C2\C(=O)NC(=O)N(c3ccc(C)c(C)c3)C2=O)cc1. The average Bonchev–Trinajstić information content (AvgIpc) is 2.62. The summed E-state index contributed by atoms with van der Waals surface area (Å²) in [5, 5.41) is 2.24. The maximum atomic E-state index is 12.8. The maximum Gasteiger partial charge on any atom is 0.335 e. The topological polar surface area (TPSA) is 66.5 Å². The summed E-state index contributed by atoms with van der Waals surface area (Å²) in [7, 11) is 0. The Kier molecular flexibility index (Phi) is 4.71. The Morgan fingerprint density at radius 1 is 0.962 bits per heavy atom. The molecule has 0 aliphatic carbocycles. The van der Waals surface area contributed by atoms with Crippen LogP contribution in [0.15, 0.2) is 48.0 Å². The predicted octanol–water partition coefficient (Wildman–Crippen LogP) is 3.53. The smallest absolute Gasteiger partial charge is 0.273 e. The van der Waals surface area contributed by atoms with E-state index in [0.29, 0.717) is 5.69 Å². The van der Waals surface area contributed by atoms with E-state index in [2.05, 4.69) is 12.2 Å². The van der Waals surface area contributed by atoms with Gasteiger partial charge in [0.15, 0.2) is 0 Å². The fraction of sp³-hybridized carbons (Fsp3) is 0.190. The molecule has 1 N–H and O–H groups in total. The van der Waals surface area contributed by atoms with Crippen molar-refractivity contribution in [3.63, 3.8) is 0 Å². The third kappa shape index (κ3) is 3.28. The molecule has 1 aliphatic heterocycles. The van der Waals surface area contributed by atoms with Gasteiger partial charge in [-0.15, -0.1) is 0 Å². The molecule has 0 aromatic heterocycles. The van der Waals surface area contributed by atoms with Crippen LogP contribution in [0.3, 0.4) is 0 Å². The lowest BCUT2D eigenvalue weighted by Crippen LogP contribution is -2.54. The van der Waals surface area contributed by atoms with Crippen molar-refractivity contribution < 1.29 is 14.4 Å². The van der Waals surface area contributed by atoms with Gasteiger partial charge in [-0.2, -0.15) is 0 Å². The van der Waals surface area contributed by atoms with Crippen molar-refractivity contribution in [3.8, 4) is 0 Å². The summed E-state index contributed by atoms with van der Waals surface area (Å²) in [6.45, 7) is 5.91. The number of rotatable bonds is 3. The first-order valence-electron chi connectivity index (χ1n) is 8.48. The number of carbonyl (C=O) groups is 3. The van der Waals surface area contributed by atoms with Gasteiger partial charge in [-0.25, -0.2) is 9.69 Å². The molecule has 1 heterocycles. The number of nitrogens with zero attached hydrogens (tertiary/aromatic N) is 1. The quantitative estimate of drug-likeness (QED) is 0.681. The van der Waals surface area contributed by atoms with Gasteiger partial charge in [0, 0.05) is 0 Å². The Morgan fingerprint density at radius 2 is 1.65 bits per heavy atom. The van der Waals surface area contributed by atoms with Crippen LogP contribution in [-0.2, 0) is 16.0 Å². The van der Waals surface area contributed by atoms with E-state index < -0.39 is 17.8 Å². The molecule has 0 atom stereocenters. The van der Waals surface area contributed by atoms with Crippen molar-refractivity contribution in [1.82, 2.24) is 5.32 Å². The fourth-order valence-corrected chi connectivity index (χ4v) is 2.77. The summed E-state index contributed by atoms with van der Waals surface area (Å²) in [5.41, 5.74) is 4.29. The van der Waals surface area contributed by atoms with E-state index in [1.807, 2.05) is 44.2 Å². The zero-order chi connectivity index (χ0) is 18.8. The molecule has 5 heteroatoms. The van der Waals surface area contributed by atoms with Crippen LogP contribution < -0.4 is 10.2 Å². The summed E-state index contributed by atoms with van der Waals surface area (Å²) in [4.78, 5) is 38.3. The number of nitrogens with one attached hydrogen (secondary N) is 1. The lowest BCUT2D eigenvalue weighted by Gasteiger charge is -2.26. The van der Waals surface area contributed by atoms with Crippen LogP contribution in [0.4, 0.5) is 10.5 Å². The number of amides is 4. The highest BCUT2D eigenvalue weighted by atomic mass is 16.2. The second-order valence-electron chi connectivity index (χ2n) is 6.32. The summed E-state index contributed by atoms with van der Waals surface area (Å²) < 4.78 is 0. The molecule has 2 aromatic rings. The summed E-state index contributed by atoms with van der Waals surface area (Å²) in [5.74, 6) is -1.30. The van der Waals surface area contributed by atoms with Crippen LogP contribution in [0.2, 0.25) is 0 Å². The highest BCUT2D eigenvalue weighted by molar-refractivity contribution is 6.39. The highest BCUT2D eigenvalue weighted by Crippen LogP contribution is 2.24. The van der Waals surface area contributed by atoms with Gasteiger partial charge in [0.05, 0.1) is 5.69 Å². The first-order chi connectivity index (χ1) is 12.4. The van der Waals surface area contributed by atoms with E-state index in [1.165, 1.54) is 11.6 Å². The molecule has 5 nitrogen and oxygen atoms in total. The Hall–Kier alpha value is -3.21. The van der Waals surface area contributed by atoms with Gasteiger partial charge in [-0.05, 0) is 60.7 Å². The van der Waals surface area contributed by atoms with Crippen LogP contribution in [0.25, 0.3) is 6.08 Å². The number of carbonyl (C=O) groups excluding carboxylic acids is 3. The second-order valence-corrected chi connectivity index (χ2v) is 6.32. The second kappa shape index (κ2) is 6.96. The van der Waals surface area contributed by atoms with Gasteiger partial charge >= 0.3 is 6.03 Å². The first kappa shape index (κ1) is 17.6. The summed E-state index contributed by atoms with van der Waals surface area (Å²) in [6.07, 6.45) is 2.42. The first-order valence-corrected chi connectivity index (χ1v) is 8.48. The number of anilines is 1. The fourth-order valence-electron chi connectivity index (χ4n) is 2.77. The maximum absolute atomic E-state index is 12.8. The van der Waals surface area contributed by atoms with Crippen molar-refractivity contribution >= 4 is 29.6 Å². The molecule has 4 amide bonds. The molecular formula is C21H20N2O3. The van der Waals surface area contributed by atoms with Gasteiger partial charge in [-0.3, -0.25) is 14.9 Å². The normalized spacial score (nSPS) is 16.2. The van der Waals surface area contributed by atoms with Gasteiger partial charge < -0.3 is 0 Å². The van der Waals surface area contributed by atoms with E-state index in [1.54, 1.807) is 12.1 Å². The lowest BCUT2D eigenvalue weighted by molar-refractivity contribution is -0.122. The summed E-state index contributed by atoms with van der Waals surface area (Å²) >= 11 is 0. The van der Waals surface area contributed by atoms with Gasteiger partial charge in [0.2, 0.25) is 0 Å². The molecule has 0 saturated carbocycles. The van der Waals surface area contributed by atoms with Gasteiger partial charge in [0.1, 0.15) is 5.57 Å². The van der Waals surface area contributed by atoms with Gasteiger partial charge in [-0.1, -0.05) is 37.3 Å². The minimum atomic E-state index is -0.735. The molecule has 0 spiro atoms. The Morgan fingerprint density at radius 3 is 2.27 bits per heavy atom. The van der Waals surface area contributed by atoms with E-state index in [0.717, 1.165) is 28.0 Å². The van der Waals surface area contributed by atoms with Gasteiger partial charge in [0.25, 0.3) is 11.8 Å². The number of benzene rings is 2. The Balaban J connectivity index is 1.99. The molecule has 0 radical (unpaired) electrons. The molecule has 26 heavy (non-hydrogen) atoms. The number of imide groups is 2. The van der Waals surface area contributed by atoms with Crippen LogP contribution in [0, 0.1) is 13.8 Å². The third-order valence-electron chi connectivity index (χ3n) is 4.55. The molecule has 0 bridgehead atoms. The van der Waals surface area contributed by atoms with E-state index in [-0.39, 0.29) is 5.57 Å². The summed E-state index contributed by atoms with van der Waals surface area (Å²) in [6, 6.07) is 12.2. The minimum Gasteiger partial charge on any atom is -0.273 e. The number of urea groups is 1. The van der Waals surface area contributed by atoms with E-state index in [9.17, 15) is 14.4 Å². The average molecular weight is 348 g/mol. The number of aryl methyl sites for hydroxylation is 3. The van der Waals surface area contributed by atoms with Crippen molar-refractivity contribution in [1.29, 1.82) is 0 Å². The Labute approximate surface area is 152 Å². The standard InChI is InChI=1S/C21H20N2O3/c1-4-15-6-8-16(9-7-15)12-18-19(24)22-21(26)23(20(18)25)17-10-5-13(2)14(3)11-17/h5-12H,4H2,1-3H3,(H,22,24,26)/b18-12+. The van der Waals surface area contributed by atoms with Crippen LogP contribution in [0.5, 0.6) is 0 Å². The van der Waals surface area contributed by atoms with Crippen LogP contribution in [0.1, 0.15) is 29.2 Å². The predicted molar refractivity (Wildman–Crippen MR) is 101 cm³/mol. The molecule has 0 unspecified atom stereocenters. The molecule has 1 saturated heterocycles. The number of barbiturate groups is 1. The van der Waals surface area contributed by atoms with Crippen LogP contribution >= 0.6 is 0 Å². The number of hydrogen-bond donors (Lipinski definition) is 1. The largest absolute Gasteiger partial charge is 0.335 e. The van der Waals surface area contributed by atoms with Crippen molar-refractivity contribution in [2.24, 2.45) is 0 Å². The third-order valence-corrected chi connectivity index (χ3v) is 4.55. The zero-order valence-corrected chi connectivity index (χ0v) is 15.0. The zero-order valence-electron chi connectivity index (χ0n) is 15.0. The molecule has 3 rings (SSSR count). The van der Waals surface area contributed by atoms with Crippen molar-refractivity contribution in [2.45, 2.75) is 27.2 Å². The molecule has 1 aliphatic rings. The highest BCUT2D eigenvalue weighted by Gasteiger charge is 2.36.